The van der Waals surface area contributed by atoms with Crippen molar-refractivity contribution in [3.8, 4) is 5.82 Å². The molecule has 0 saturated heterocycles. The van der Waals surface area contributed by atoms with Gasteiger partial charge in [0.2, 0.25) is 11.6 Å². The first-order valence-electron chi connectivity index (χ1n) is 6.50. The van der Waals surface area contributed by atoms with Gasteiger partial charge in [0.1, 0.15) is 6.33 Å². The molecule has 0 saturated carbocycles. The summed E-state index contributed by atoms with van der Waals surface area (Å²) in [4.78, 5) is 19.0. The van der Waals surface area contributed by atoms with E-state index in [1.807, 2.05) is 40.7 Å². The summed E-state index contributed by atoms with van der Waals surface area (Å²) in [5.74, 6) is 0.345. The normalized spacial score (nSPS) is 11.5. The molecule has 8 nitrogen and oxygen atoms in total. The molecule has 2 aromatic heterocycles. The first kappa shape index (κ1) is 14.9. The van der Waals surface area contributed by atoms with E-state index >= 15 is 0 Å². The molecular formula is C13H18N6O2. The van der Waals surface area contributed by atoms with E-state index in [4.69, 9.17) is 0 Å². The lowest BCUT2D eigenvalue weighted by Gasteiger charge is -2.21. The van der Waals surface area contributed by atoms with Gasteiger partial charge in [0.05, 0.1) is 10.6 Å². The summed E-state index contributed by atoms with van der Waals surface area (Å²) in [7, 11) is 0. The average Bonchev–Trinajstić information content (AvgIpc) is 2.65. The minimum absolute atomic E-state index is 0.160. The number of hydrogen-bond donors (Lipinski definition) is 1. The predicted molar refractivity (Wildman–Crippen MR) is 78.7 cm³/mol. The van der Waals surface area contributed by atoms with E-state index < -0.39 is 4.92 Å². The molecule has 0 bridgehead atoms. The van der Waals surface area contributed by atoms with Crippen LogP contribution in [0.15, 0.2) is 12.4 Å². The maximum atomic E-state index is 11.5. The van der Waals surface area contributed by atoms with Crippen molar-refractivity contribution in [2.75, 3.05) is 5.32 Å². The molecule has 112 valence electrons. The Kier molecular flexibility index (Phi) is 3.63. The van der Waals surface area contributed by atoms with Gasteiger partial charge in [-0.2, -0.15) is 5.10 Å². The van der Waals surface area contributed by atoms with Crippen LogP contribution in [0.5, 0.6) is 0 Å². The van der Waals surface area contributed by atoms with Gasteiger partial charge in [0.25, 0.3) is 0 Å². The summed E-state index contributed by atoms with van der Waals surface area (Å²) in [5, 5.41) is 18.8. The van der Waals surface area contributed by atoms with Crippen molar-refractivity contribution in [1.29, 1.82) is 0 Å². The van der Waals surface area contributed by atoms with Crippen LogP contribution in [0.25, 0.3) is 5.82 Å². The molecule has 2 aromatic rings. The summed E-state index contributed by atoms with van der Waals surface area (Å²) in [6.45, 7) is 9.36. The van der Waals surface area contributed by atoms with Gasteiger partial charge >= 0.3 is 5.69 Å². The molecule has 0 aliphatic carbocycles. The third kappa shape index (κ3) is 3.15. The molecule has 0 fully saturated rings. The van der Waals surface area contributed by atoms with E-state index in [1.165, 1.54) is 11.0 Å². The van der Waals surface area contributed by atoms with Crippen molar-refractivity contribution in [1.82, 2.24) is 19.7 Å². The molecule has 2 heterocycles. The molecule has 21 heavy (non-hydrogen) atoms. The lowest BCUT2D eigenvalue weighted by molar-refractivity contribution is -0.384. The van der Waals surface area contributed by atoms with E-state index in [-0.39, 0.29) is 22.9 Å². The molecule has 0 aromatic carbocycles. The van der Waals surface area contributed by atoms with Crippen molar-refractivity contribution < 1.29 is 4.92 Å². The van der Waals surface area contributed by atoms with Crippen LogP contribution in [-0.4, -0.2) is 30.2 Å². The summed E-state index contributed by atoms with van der Waals surface area (Å²) in [6.07, 6.45) is 1.30. The molecule has 0 aliphatic rings. The number of aryl methyl sites for hydroxylation is 2. The lowest BCUT2D eigenvalue weighted by atomic mass is 10.1. The van der Waals surface area contributed by atoms with Gasteiger partial charge < -0.3 is 5.32 Å². The van der Waals surface area contributed by atoms with Gasteiger partial charge in [-0.15, -0.1) is 0 Å². The highest BCUT2D eigenvalue weighted by atomic mass is 16.6. The zero-order valence-corrected chi connectivity index (χ0v) is 12.7. The predicted octanol–water partition coefficient (Wildman–Crippen LogP) is 2.40. The van der Waals surface area contributed by atoms with Gasteiger partial charge in [-0.05, 0) is 40.7 Å². The van der Waals surface area contributed by atoms with Gasteiger partial charge in [-0.3, -0.25) is 10.1 Å². The summed E-state index contributed by atoms with van der Waals surface area (Å²) in [5.41, 5.74) is 1.01. The molecule has 0 aliphatic heterocycles. The molecule has 2 rings (SSSR count). The fourth-order valence-electron chi connectivity index (χ4n) is 1.98. The fourth-order valence-corrected chi connectivity index (χ4v) is 1.98. The number of nitrogens with one attached hydrogen (secondary N) is 1. The van der Waals surface area contributed by atoms with Crippen LogP contribution >= 0.6 is 0 Å². The fraction of sp³-hybridized carbons (Fsp3) is 0.462. The summed E-state index contributed by atoms with van der Waals surface area (Å²) >= 11 is 0. The van der Waals surface area contributed by atoms with Crippen molar-refractivity contribution in [3.05, 3.63) is 33.9 Å². The quantitative estimate of drug-likeness (QED) is 0.688. The van der Waals surface area contributed by atoms with E-state index in [1.54, 1.807) is 0 Å². The van der Waals surface area contributed by atoms with Crippen molar-refractivity contribution in [2.24, 2.45) is 0 Å². The minimum Gasteiger partial charge on any atom is -0.360 e. The molecule has 1 N–H and O–H groups in total. The standard InChI is InChI=1S/C13H18N6O2/c1-8-6-9(2)18(17-8)12-10(19(20)21)11(14-7-15-12)16-13(3,4)5/h6-7H,1-5H3,(H,14,15,16). The Balaban J connectivity index is 2.64. The van der Waals surface area contributed by atoms with Gasteiger partial charge in [0, 0.05) is 11.2 Å². The van der Waals surface area contributed by atoms with Gasteiger partial charge in [0.15, 0.2) is 0 Å². The van der Waals surface area contributed by atoms with E-state index in [9.17, 15) is 10.1 Å². The highest BCUT2D eigenvalue weighted by Crippen LogP contribution is 2.30. The topological polar surface area (TPSA) is 98.8 Å². The highest BCUT2D eigenvalue weighted by molar-refractivity contribution is 5.64. The van der Waals surface area contributed by atoms with Crippen LogP contribution in [0.3, 0.4) is 0 Å². The minimum atomic E-state index is -0.486. The third-order valence-corrected chi connectivity index (χ3v) is 2.69. The Bertz CT molecular complexity index is 686. The highest BCUT2D eigenvalue weighted by Gasteiger charge is 2.27. The Morgan fingerprint density at radius 1 is 1.29 bits per heavy atom. The second kappa shape index (κ2) is 5.12. The monoisotopic (exact) mass is 290 g/mol. The Morgan fingerprint density at radius 2 is 1.95 bits per heavy atom. The van der Waals surface area contributed by atoms with Crippen LogP contribution < -0.4 is 5.32 Å². The number of hydrogen-bond acceptors (Lipinski definition) is 6. The number of nitro groups is 1. The first-order chi connectivity index (χ1) is 9.69. The third-order valence-electron chi connectivity index (χ3n) is 2.69. The second-order valence-electron chi connectivity index (χ2n) is 5.87. The molecule has 0 spiro atoms. The molecular weight excluding hydrogens is 272 g/mol. The lowest BCUT2D eigenvalue weighted by Crippen LogP contribution is -2.27. The van der Waals surface area contributed by atoms with E-state index in [0.717, 1.165) is 11.4 Å². The Morgan fingerprint density at radius 3 is 2.43 bits per heavy atom. The Hall–Kier alpha value is -2.51. The smallest absolute Gasteiger partial charge is 0.355 e. The zero-order valence-electron chi connectivity index (χ0n) is 12.7. The number of nitrogens with zero attached hydrogens (tertiary/aromatic N) is 5. The maximum absolute atomic E-state index is 11.5. The maximum Gasteiger partial charge on any atom is 0.355 e. The van der Waals surface area contributed by atoms with Crippen LogP contribution in [-0.2, 0) is 0 Å². The van der Waals surface area contributed by atoms with Gasteiger partial charge in [-0.1, -0.05) is 0 Å². The molecule has 0 unspecified atom stereocenters. The van der Waals surface area contributed by atoms with Crippen molar-refractivity contribution in [3.63, 3.8) is 0 Å². The molecule has 0 amide bonds. The summed E-state index contributed by atoms with van der Waals surface area (Å²) < 4.78 is 1.46. The zero-order chi connectivity index (χ0) is 15.8. The molecule has 0 radical (unpaired) electrons. The summed E-state index contributed by atoms with van der Waals surface area (Å²) in [6, 6.07) is 1.84. The van der Waals surface area contributed by atoms with Crippen LogP contribution in [0.4, 0.5) is 11.5 Å². The van der Waals surface area contributed by atoms with Crippen LogP contribution in [0.1, 0.15) is 32.2 Å². The molecule has 0 atom stereocenters. The van der Waals surface area contributed by atoms with Crippen LogP contribution in [0, 0.1) is 24.0 Å². The largest absolute Gasteiger partial charge is 0.360 e. The Labute approximate surface area is 122 Å². The number of aromatic nitrogens is 4. The van der Waals surface area contributed by atoms with E-state index in [2.05, 4.69) is 20.4 Å². The van der Waals surface area contributed by atoms with Crippen molar-refractivity contribution >= 4 is 11.5 Å². The first-order valence-corrected chi connectivity index (χ1v) is 6.50. The van der Waals surface area contributed by atoms with Gasteiger partial charge in [-0.25, -0.2) is 14.6 Å². The van der Waals surface area contributed by atoms with Crippen molar-refractivity contribution in [2.45, 2.75) is 40.2 Å². The molecule has 8 heteroatoms. The second-order valence-corrected chi connectivity index (χ2v) is 5.87. The SMILES string of the molecule is Cc1cc(C)n(-c2ncnc(NC(C)(C)C)c2[N+](=O)[O-])n1. The number of rotatable bonds is 3. The number of anilines is 1. The van der Waals surface area contributed by atoms with E-state index in [0.29, 0.717) is 0 Å². The van der Waals surface area contributed by atoms with Crippen LogP contribution in [0.2, 0.25) is 0 Å². The average molecular weight is 290 g/mol.